The molecule has 0 heterocycles. The highest BCUT2D eigenvalue weighted by atomic mass is 31.2. The lowest BCUT2D eigenvalue weighted by Crippen LogP contribution is -2.41. The molecule has 1 rings (SSSR count). The maximum atomic E-state index is 11.5. The van der Waals surface area contributed by atoms with Gasteiger partial charge in [-0.05, 0) is 37.0 Å². The second-order valence-electron chi connectivity index (χ2n) is 6.57. The zero-order valence-electron chi connectivity index (χ0n) is 11.9. The van der Waals surface area contributed by atoms with Crippen LogP contribution in [0.25, 0.3) is 0 Å². The van der Waals surface area contributed by atoms with Crippen molar-refractivity contribution >= 4 is 15.2 Å². The van der Waals surface area contributed by atoms with E-state index in [9.17, 15) is 33.8 Å². The van der Waals surface area contributed by atoms with E-state index in [1.54, 1.807) is 0 Å². The Labute approximate surface area is 118 Å². The van der Waals surface area contributed by atoms with E-state index in [1.807, 2.05) is 0 Å². The molecule has 20 heavy (non-hydrogen) atoms. The van der Waals surface area contributed by atoms with Crippen molar-refractivity contribution in [1.29, 1.82) is 0 Å². The predicted octanol–water partition coefficient (Wildman–Crippen LogP) is 1.84. The average molecular weight is 330 g/mol. The highest BCUT2D eigenvalue weighted by molar-refractivity contribution is 7.72. The predicted molar refractivity (Wildman–Crippen MR) is 73.9 cm³/mol. The van der Waals surface area contributed by atoms with E-state index in [1.165, 1.54) is 6.92 Å². The fourth-order valence-electron chi connectivity index (χ4n) is 2.94. The molecule has 0 aromatic carbocycles. The van der Waals surface area contributed by atoms with Gasteiger partial charge in [0.05, 0.1) is 0 Å². The first-order valence-corrected chi connectivity index (χ1v) is 9.78. The fraction of sp³-hybridized carbons (Fsp3) is 1.00. The minimum absolute atomic E-state index is 0.110. The molecule has 5 N–H and O–H groups in total. The Morgan fingerprint density at radius 2 is 1.40 bits per heavy atom. The van der Waals surface area contributed by atoms with Crippen molar-refractivity contribution in [1.82, 2.24) is 0 Å². The van der Waals surface area contributed by atoms with Crippen LogP contribution in [0.3, 0.4) is 0 Å². The van der Waals surface area contributed by atoms with E-state index in [2.05, 4.69) is 13.8 Å². The van der Waals surface area contributed by atoms with Crippen LogP contribution in [0.4, 0.5) is 0 Å². The molecule has 0 aromatic heterocycles. The van der Waals surface area contributed by atoms with Crippen LogP contribution in [0.5, 0.6) is 0 Å². The number of hydrogen-bond acceptors (Lipinski definition) is 3. The summed E-state index contributed by atoms with van der Waals surface area (Å²) in [5, 5.41) is 6.81. The Balaban J connectivity index is 3.06. The molecular formula is C11H24O7P2. The molecule has 0 aromatic rings. The van der Waals surface area contributed by atoms with E-state index in [-0.39, 0.29) is 11.3 Å². The van der Waals surface area contributed by atoms with Gasteiger partial charge in [0.15, 0.2) is 0 Å². The van der Waals surface area contributed by atoms with Gasteiger partial charge < -0.3 is 24.7 Å². The molecule has 120 valence electrons. The molecule has 0 aliphatic heterocycles. The minimum atomic E-state index is -5.37. The molecule has 7 nitrogen and oxygen atoms in total. The third kappa shape index (κ3) is 3.36. The lowest BCUT2D eigenvalue weighted by molar-refractivity contribution is 0.0355. The summed E-state index contributed by atoms with van der Waals surface area (Å²) in [5.41, 5.74) is 0.110. The lowest BCUT2D eigenvalue weighted by Gasteiger charge is -2.42. The van der Waals surface area contributed by atoms with Gasteiger partial charge in [-0.1, -0.05) is 20.8 Å². The summed E-state index contributed by atoms with van der Waals surface area (Å²) in [7, 11) is -10.7. The van der Waals surface area contributed by atoms with Crippen LogP contribution in [0.15, 0.2) is 0 Å². The third-order valence-corrected chi connectivity index (χ3v) is 8.65. The normalized spacial score (nSPS) is 23.6. The first-order chi connectivity index (χ1) is 8.72. The molecule has 0 spiro atoms. The second-order valence-corrected chi connectivity index (χ2v) is 10.5. The van der Waals surface area contributed by atoms with Crippen molar-refractivity contribution in [3.05, 3.63) is 0 Å². The van der Waals surface area contributed by atoms with Gasteiger partial charge in [0.25, 0.3) is 5.08 Å². The number of aliphatic hydroxyl groups is 1. The van der Waals surface area contributed by atoms with Gasteiger partial charge in [-0.2, -0.15) is 0 Å². The molecule has 1 aliphatic rings. The van der Waals surface area contributed by atoms with Crippen molar-refractivity contribution in [3.8, 4) is 0 Å². The Bertz CT molecular complexity index is 418. The summed E-state index contributed by atoms with van der Waals surface area (Å²) in [4.78, 5) is 37.0. The number of rotatable bonds is 4. The highest BCUT2D eigenvalue weighted by Crippen LogP contribution is 2.72. The van der Waals surface area contributed by atoms with Crippen molar-refractivity contribution in [2.24, 2.45) is 17.3 Å². The summed E-state index contributed by atoms with van der Waals surface area (Å²) >= 11 is 0. The maximum absolute atomic E-state index is 11.5. The molecular weight excluding hydrogens is 306 g/mol. The topological polar surface area (TPSA) is 135 Å². The van der Waals surface area contributed by atoms with Crippen molar-refractivity contribution in [3.63, 3.8) is 0 Å². The van der Waals surface area contributed by atoms with Gasteiger partial charge in [-0.3, -0.25) is 9.13 Å². The Hall–Kier alpha value is 0.260. The van der Waals surface area contributed by atoms with E-state index >= 15 is 0 Å². The van der Waals surface area contributed by atoms with E-state index in [4.69, 9.17) is 0 Å². The van der Waals surface area contributed by atoms with Gasteiger partial charge in [0.2, 0.25) is 0 Å². The first-order valence-electron chi connectivity index (χ1n) is 6.56. The van der Waals surface area contributed by atoms with Gasteiger partial charge >= 0.3 is 15.2 Å². The summed E-state index contributed by atoms with van der Waals surface area (Å²) in [6.45, 7) is 5.46. The molecule has 1 fully saturated rings. The van der Waals surface area contributed by atoms with Crippen LogP contribution in [0.1, 0.15) is 46.5 Å². The Morgan fingerprint density at radius 1 is 1.05 bits per heavy atom. The zero-order chi connectivity index (χ0) is 16.0. The van der Waals surface area contributed by atoms with Gasteiger partial charge in [-0.25, -0.2) is 0 Å². The largest absolute Gasteiger partial charge is 0.369 e. The van der Waals surface area contributed by atoms with E-state index in [0.717, 1.165) is 12.8 Å². The summed E-state index contributed by atoms with van der Waals surface area (Å²) in [6.07, 6.45) is 2.74. The van der Waals surface area contributed by atoms with Crippen LogP contribution < -0.4 is 0 Å². The van der Waals surface area contributed by atoms with Crippen molar-refractivity contribution in [2.45, 2.75) is 51.5 Å². The third-order valence-electron chi connectivity index (χ3n) is 4.56. The van der Waals surface area contributed by atoms with E-state index < -0.39 is 26.2 Å². The SMILES string of the molecule is CC(C1CCC(C)(C)CC1)C(O)(P(=O)(O)O)P(=O)(O)O. The summed E-state index contributed by atoms with van der Waals surface area (Å²) in [6, 6.07) is 0. The van der Waals surface area contributed by atoms with Crippen LogP contribution in [0.2, 0.25) is 0 Å². The summed E-state index contributed by atoms with van der Waals surface area (Å²) in [5.74, 6) is -1.51. The fourth-order valence-corrected chi connectivity index (χ4v) is 5.78. The molecule has 0 amide bonds. The van der Waals surface area contributed by atoms with Crippen LogP contribution in [0, 0.1) is 17.3 Å². The monoisotopic (exact) mass is 330 g/mol. The quantitative estimate of drug-likeness (QED) is 0.496. The molecule has 1 aliphatic carbocycles. The van der Waals surface area contributed by atoms with Crippen LogP contribution in [-0.4, -0.2) is 29.8 Å². The van der Waals surface area contributed by atoms with E-state index in [0.29, 0.717) is 12.8 Å². The van der Waals surface area contributed by atoms with Gasteiger partial charge in [-0.15, -0.1) is 0 Å². The van der Waals surface area contributed by atoms with Gasteiger partial charge in [0.1, 0.15) is 0 Å². The Morgan fingerprint density at radius 3 is 1.70 bits per heavy atom. The van der Waals surface area contributed by atoms with Crippen molar-refractivity contribution < 1.29 is 33.8 Å². The first kappa shape index (κ1) is 18.3. The molecule has 1 atom stereocenters. The summed E-state index contributed by atoms with van der Waals surface area (Å²) < 4.78 is 22.9. The molecule has 0 bridgehead atoms. The molecule has 0 saturated heterocycles. The smallest absolute Gasteiger partial charge is 0.367 e. The maximum Gasteiger partial charge on any atom is 0.369 e. The lowest BCUT2D eigenvalue weighted by atomic mass is 9.70. The standard InChI is InChI=1S/C11H24O7P2/c1-8(9-4-6-10(2,3)7-5-9)11(12,19(13,14)15)20(16,17)18/h8-9,12H,4-7H2,1-3H3,(H2,13,14,15)(H2,16,17,18). The molecule has 1 unspecified atom stereocenters. The minimum Gasteiger partial charge on any atom is -0.367 e. The Kier molecular flexibility index (Phi) is 5.01. The van der Waals surface area contributed by atoms with Crippen molar-refractivity contribution in [2.75, 3.05) is 0 Å². The van der Waals surface area contributed by atoms with Crippen LogP contribution in [-0.2, 0) is 9.13 Å². The molecule has 1 saturated carbocycles. The van der Waals surface area contributed by atoms with Crippen LogP contribution >= 0.6 is 15.2 Å². The highest BCUT2D eigenvalue weighted by Gasteiger charge is 2.64. The zero-order valence-corrected chi connectivity index (χ0v) is 13.7. The molecule has 0 radical (unpaired) electrons. The number of hydrogen-bond donors (Lipinski definition) is 5. The molecule has 9 heteroatoms. The second kappa shape index (κ2) is 5.47. The average Bonchev–Trinajstić information content (AvgIpc) is 2.24. The van der Waals surface area contributed by atoms with Gasteiger partial charge in [0, 0.05) is 5.92 Å².